The van der Waals surface area contributed by atoms with E-state index in [1.54, 1.807) is 6.07 Å². The van der Waals surface area contributed by atoms with Crippen LogP contribution in [0.2, 0.25) is 0 Å². The van der Waals surface area contributed by atoms with Crippen molar-refractivity contribution in [3.05, 3.63) is 59.2 Å². The SMILES string of the molecule is CCS(=O)(=O)N[C@@H]1[C@H](Cc2cccc(-c3cccc(C)c3F)c2F)N(C(=O)C2CCO2)CC1(F)F. The van der Waals surface area contributed by atoms with Crippen LogP contribution in [0.25, 0.3) is 11.1 Å². The molecule has 2 fully saturated rings. The molecule has 11 heteroatoms. The second-order valence-corrected chi connectivity index (χ2v) is 10.9. The van der Waals surface area contributed by atoms with Crippen molar-refractivity contribution in [3.8, 4) is 11.1 Å². The number of benzene rings is 2. The lowest BCUT2D eigenvalue weighted by molar-refractivity contribution is -0.158. The lowest BCUT2D eigenvalue weighted by atomic mass is 9.94. The fourth-order valence-electron chi connectivity index (χ4n) is 4.46. The van der Waals surface area contributed by atoms with Gasteiger partial charge in [0.15, 0.2) is 0 Å². The Morgan fingerprint density at radius 1 is 1.14 bits per heavy atom. The molecule has 0 bridgehead atoms. The second-order valence-electron chi connectivity index (χ2n) is 8.86. The van der Waals surface area contributed by atoms with E-state index < -0.39 is 70.4 Å². The molecule has 0 spiro atoms. The third-order valence-electron chi connectivity index (χ3n) is 6.56. The summed E-state index contributed by atoms with van der Waals surface area (Å²) in [6.45, 7) is 2.13. The Morgan fingerprint density at radius 3 is 2.37 bits per heavy atom. The van der Waals surface area contributed by atoms with Crippen LogP contribution in [0, 0.1) is 18.6 Å². The van der Waals surface area contributed by atoms with E-state index in [0.29, 0.717) is 18.6 Å². The highest BCUT2D eigenvalue weighted by Gasteiger charge is 2.58. The van der Waals surface area contributed by atoms with Gasteiger partial charge in [-0.3, -0.25) is 4.79 Å². The fourth-order valence-corrected chi connectivity index (χ4v) is 5.34. The van der Waals surface area contributed by atoms with Crippen molar-refractivity contribution in [2.45, 2.75) is 50.8 Å². The maximum Gasteiger partial charge on any atom is 0.283 e. The number of nitrogens with zero attached hydrogens (tertiary/aromatic N) is 1. The van der Waals surface area contributed by atoms with Crippen LogP contribution in [0.4, 0.5) is 17.6 Å². The van der Waals surface area contributed by atoms with Gasteiger partial charge in [0, 0.05) is 17.5 Å². The van der Waals surface area contributed by atoms with E-state index >= 15 is 13.2 Å². The monoisotopic (exact) mass is 514 g/mol. The van der Waals surface area contributed by atoms with Crippen molar-refractivity contribution < 1.29 is 35.5 Å². The topological polar surface area (TPSA) is 75.7 Å². The van der Waals surface area contributed by atoms with Crippen LogP contribution in [-0.2, 0) is 26.0 Å². The van der Waals surface area contributed by atoms with Crippen molar-refractivity contribution in [1.82, 2.24) is 9.62 Å². The fraction of sp³-hybridized carbons (Fsp3) is 0.458. The highest BCUT2D eigenvalue weighted by molar-refractivity contribution is 7.89. The van der Waals surface area contributed by atoms with Gasteiger partial charge in [0.25, 0.3) is 11.8 Å². The van der Waals surface area contributed by atoms with Crippen molar-refractivity contribution in [2.75, 3.05) is 18.9 Å². The molecular formula is C24H26F4N2O4S. The van der Waals surface area contributed by atoms with E-state index in [1.165, 1.54) is 44.2 Å². The molecule has 2 aromatic carbocycles. The maximum absolute atomic E-state index is 15.6. The third kappa shape index (κ3) is 4.94. The van der Waals surface area contributed by atoms with E-state index in [2.05, 4.69) is 0 Å². The largest absolute Gasteiger partial charge is 0.368 e. The first-order valence-electron chi connectivity index (χ1n) is 11.3. The molecule has 3 atom stereocenters. The molecule has 0 radical (unpaired) electrons. The minimum Gasteiger partial charge on any atom is -0.368 e. The number of sulfonamides is 1. The molecular weight excluding hydrogens is 488 g/mol. The number of carbonyl (C=O) groups is 1. The molecule has 0 aromatic heterocycles. The predicted molar refractivity (Wildman–Crippen MR) is 121 cm³/mol. The van der Waals surface area contributed by atoms with Crippen LogP contribution in [0.15, 0.2) is 36.4 Å². The Hall–Kier alpha value is -2.50. The van der Waals surface area contributed by atoms with E-state index in [0.717, 1.165) is 4.90 Å². The zero-order valence-corrected chi connectivity index (χ0v) is 20.0. The Labute approximate surface area is 201 Å². The zero-order chi connectivity index (χ0) is 25.5. The van der Waals surface area contributed by atoms with Crippen LogP contribution < -0.4 is 4.72 Å². The Morgan fingerprint density at radius 2 is 1.77 bits per heavy atom. The van der Waals surface area contributed by atoms with E-state index in [-0.39, 0.29) is 16.7 Å². The second kappa shape index (κ2) is 9.51. The number of likely N-dealkylation sites (tertiary alicyclic amines) is 1. The average molecular weight is 515 g/mol. The standard InChI is InChI=1S/C24H26F4N2O4S/c1-3-35(32,33)29-22-18(30(13-24(22,27)28)23(31)19-10-11-34-19)12-15-7-5-9-17(21(15)26)16-8-4-6-14(2)20(16)25/h4-9,18-19,22,29H,3,10-13H2,1-2H3/t18-,19?,22+/m0/s1. The predicted octanol–water partition coefficient (Wildman–Crippen LogP) is 3.43. The summed E-state index contributed by atoms with van der Waals surface area (Å²) in [5, 5.41) is 0. The quantitative estimate of drug-likeness (QED) is 0.575. The van der Waals surface area contributed by atoms with Gasteiger partial charge in [0.05, 0.1) is 24.9 Å². The van der Waals surface area contributed by atoms with E-state index in [4.69, 9.17) is 4.74 Å². The van der Waals surface area contributed by atoms with Gasteiger partial charge in [0.2, 0.25) is 10.0 Å². The number of halogens is 4. The van der Waals surface area contributed by atoms with Gasteiger partial charge in [-0.1, -0.05) is 36.4 Å². The van der Waals surface area contributed by atoms with Gasteiger partial charge in [0.1, 0.15) is 23.8 Å². The summed E-state index contributed by atoms with van der Waals surface area (Å²) in [5.74, 6) is -6.16. The van der Waals surface area contributed by atoms with Gasteiger partial charge >= 0.3 is 0 Å². The lowest BCUT2D eigenvalue weighted by Crippen LogP contribution is -2.54. The summed E-state index contributed by atoms with van der Waals surface area (Å²) in [4.78, 5) is 13.8. The molecule has 2 aliphatic rings. The number of alkyl halides is 2. The first kappa shape index (κ1) is 25.6. The summed E-state index contributed by atoms with van der Waals surface area (Å²) in [6.07, 6.45) is -0.944. The van der Waals surface area contributed by atoms with Crippen molar-refractivity contribution in [2.24, 2.45) is 0 Å². The molecule has 0 aliphatic carbocycles. The summed E-state index contributed by atoms with van der Waals surface area (Å²) in [5.41, 5.74) is 0.229. The summed E-state index contributed by atoms with van der Waals surface area (Å²) in [7, 11) is -4.07. The van der Waals surface area contributed by atoms with Crippen LogP contribution in [0.3, 0.4) is 0 Å². The molecule has 1 unspecified atom stereocenters. The van der Waals surface area contributed by atoms with E-state index in [9.17, 15) is 17.6 Å². The minimum atomic E-state index is -4.07. The number of ether oxygens (including phenoxy) is 1. The molecule has 2 aliphatic heterocycles. The number of hydrogen-bond acceptors (Lipinski definition) is 4. The molecule has 1 amide bonds. The molecule has 2 heterocycles. The number of rotatable bonds is 7. The molecule has 1 N–H and O–H groups in total. The minimum absolute atomic E-state index is 0.0140. The van der Waals surface area contributed by atoms with Crippen LogP contribution in [0.1, 0.15) is 24.5 Å². The maximum atomic E-state index is 15.6. The number of hydrogen-bond donors (Lipinski definition) is 1. The molecule has 190 valence electrons. The Kier molecular flexibility index (Phi) is 6.96. The molecule has 4 rings (SSSR count). The number of aryl methyl sites for hydroxylation is 1. The third-order valence-corrected chi connectivity index (χ3v) is 7.93. The van der Waals surface area contributed by atoms with Crippen molar-refractivity contribution in [1.29, 1.82) is 0 Å². The van der Waals surface area contributed by atoms with Crippen molar-refractivity contribution in [3.63, 3.8) is 0 Å². The van der Waals surface area contributed by atoms with Crippen molar-refractivity contribution >= 4 is 15.9 Å². The van der Waals surface area contributed by atoms with Gasteiger partial charge in [-0.25, -0.2) is 30.7 Å². The molecule has 6 nitrogen and oxygen atoms in total. The number of carbonyl (C=O) groups excluding carboxylic acids is 1. The number of amides is 1. The van der Waals surface area contributed by atoms with Gasteiger partial charge in [-0.2, -0.15) is 0 Å². The average Bonchev–Trinajstić information content (AvgIpc) is 3.00. The van der Waals surface area contributed by atoms with Gasteiger partial charge in [-0.05, 0) is 31.4 Å². The van der Waals surface area contributed by atoms with Gasteiger partial charge < -0.3 is 9.64 Å². The Bertz CT molecular complexity index is 1230. The molecule has 0 saturated carbocycles. The molecule has 2 saturated heterocycles. The first-order chi connectivity index (χ1) is 16.4. The normalized spacial score (nSPS) is 23.8. The highest BCUT2D eigenvalue weighted by Crippen LogP contribution is 2.37. The first-order valence-corrected chi connectivity index (χ1v) is 12.9. The lowest BCUT2D eigenvalue weighted by Gasteiger charge is -2.34. The zero-order valence-electron chi connectivity index (χ0n) is 19.2. The van der Waals surface area contributed by atoms with Gasteiger partial charge in [-0.15, -0.1) is 0 Å². The molecule has 2 aromatic rings. The van der Waals surface area contributed by atoms with Crippen LogP contribution in [-0.4, -0.2) is 62.2 Å². The van der Waals surface area contributed by atoms with E-state index in [1.807, 2.05) is 4.72 Å². The highest BCUT2D eigenvalue weighted by atomic mass is 32.2. The summed E-state index contributed by atoms with van der Waals surface area (Å²) in [6, 6.07) is 5.39. The Balaban J connectivity index is 1.74. The molecule has 35 heavy (non-hydrogen) atoms. The smallest absolute Gasteiger partial charge is 0.283 e. The summed E-state index contributed by atoms with van der Waals surface area (Å²) >= 11 is 0. The number of nitrogens with one attached hydrogen (secondary N) is 1. The summed E-state index contributed by atoms with van der Waals surface area (Å²) < 4.78 is 92.0. The van der Waals surface area contributed by atoms with Crippen LogP contribution in [0.5, 0.6) is 0 Å². The van der Waals surface area contributed by atoms with Crippen LogP contribution >= 0.6 is 0 Å².